The van der Waals surface area contributed by atoms with E-state index in [1.807, 2.05) is 13.8 Å². The van der Waals surface area contributed by atoms with Crippen LogP contribution in [0.3, 0.4) is 0 Å². The Labute approximate surface area is 91.2 Å². The summed E-state index contributed by atoms with van der Waals surface area (Å²) in [4.78, 5) is 13.5. The Bertz CT molecular complexity index is 186. The van der Waals surface area contributed by atoms with E-state index in [0.29, 0.717) is 13.0 Å². The predicted octanol–water partition coefficient (Wildman–Crippen LogP) is -0.420. The Balaban J connectivity index is 4.27. The molecular formula is C10H22N2O3. The van der Waals surface area contributed by atoms with Gasteiger partial charge in [0.25, 0.3) is 0 Å². The fraction of sp³-hybridized carbons (Fsp3) is 0.900. The number of hydrogen-bond acceptors (Lipinski definition) is 4. The zero-order chi connectivity index (χ0) is 11.8. The third kappa shape index (κ3) is 5.11. The number of nitrogens with two attached hydrogens (primary N) is 1. The summed E-state index contributed by atoms with van der Waals surface area (Å²) in [6.45, 7) is 4.69. The van der Waals surface area contributed by atoms with Crippen molar-refractivity contribution in [1.29, 1.82) is 0 Å². The van der Waals surface area contributed by atoms with Crippen LogP contribution >= 0.6 is 0 Å². The van der Waals surface area contributed by atoms with E-state index in [1.165, 1.54) is 7.11 Å². The Morgan fingerprint density at radius 2 is 2.13 bits per heavy atom. The maximum Gasteiger partial charge on any atom is 0.242 e. The monoisotopic (exact) mass is 218 g/mol. The number of aliphatic hydroxyl groups is 1. The number of carbonyl (C=O) groups is 1. The van der Waals surface area contributed by atoms with Crippen molar-refractivity contribution in [1.82, 2.24) is 4.90 Å². The smallest absolute Gasteiger partial charge is 0.242 e. The third-order valence-corrected chi connectivity index (χ3v) is 2.13. The van der Waals surface area contributed by atoms with Gasteiger partial charge in [0.1, 0.15) is 6.04 Å². The number of carbonyl (C=O) groups excluding carboxylic acids is 1. The average Bonchev–Trinajstić information content (AvgIpc) is 2.18. The molecule has 0 aliphatic rings. The van der Waals surface area contributed by atoms with Crippen molar-refractivity contribution in [2.24, 2.45) is 5.73 Å². The van der Waals surface area contributed by atoms with E-state index >= 15 is 0 Å². The summed E-state index contributed by atoms with van der Waals surface area (Å²) in [5.41, 5.74) is 5.66. The summed E-state index contributed by atoms with van der Waals surface area (Å²) in [6.07, 6.45) is 0.573. The van der Waals surface area contributed by atoms with Gasteiger partial charge >= 0.3 is 0 Å². The van der Waals surface area contributed by atoms with Crippen molar-refractivity contribution in [3.8, 4) is 0 Å². The normalized spacial score (nSPS) is 12.9. The lowest BCUT2D eigenvalue weighted by molar-refractivity contribution is -0.135. The number of aliphatic hydroxyl groups excluding tert-OH is 1. The van der Waals surface area contributed by atoms with Gasteiger partial charge in [-0.1, -0.05) is 0 Å². The highest BCUT2D eigenvalue weighted by atomic mass is 16.5. The fourth-order valence-electron chi connectivity index (χ4n) is 1.33. The molecular weight excluding hydrogens is 196 g/mol. The highest BCUT2D eigenvalue weighted by Gasteiger charge is 2.22. The third-order valence-electron chi connectivity index (χ3n) is 2.13. The lowest BCUT2D eigenvalue weighted by Crippen LogP contribution is -2.49. The van der Waals surface area contributed by atoms with Crippen LogP contribution in [0.25, 0.3) is 0 Å². The second kappa shape index (κ2) is 7.62. The van der Waals surface area contributed by atoms with Crippen LogP contribution in [0.2, 0.25) is 0 Å². The molecule has 15 heavy (non-hydrogen) atoms. The zero-order valence-corrected chi connectivity index (χ0v) is 9.77. The summed E-state index contributed by atoms with van der Waals surface area (Å²) in [6, 6.07) is -0.525. The van der Waals surface area contributed by atoms with E-state index in [-0.39, 0.29) is 25.2 Å². The van der Waals surface area contributed by atoms with Gasteiger partial charge in [0.2, 0.25) is 5.91 Å². The minimum absolute atomic E-state index is 0.0794. The van der Waals surface area contributed by atoms with Gasteiger partial charge in [0.05, 0.1) is 6.61 Å². The van der Waals surface area contributed by atoms with Crippen molar-refractivity contribution in [2.75, 3.05) is 26.9 Å². The van der Waals surface area contributed by atoms with Crippen LogP contribution in [0.15, 0.2) is 0 Å². The quantitative estimate of drug-likeness (QED) is 0.608. The molecule has 0 aromatic rings. The maximum atomic E-state index is 11.8. The lowest BCUT2D eigenvalue weighted by Gasteiger charge is -2.29. The number of methoxy groups -OCH3 is 1. The summed E-state index contributed by atoms with van der Waals surface area (Å²) >= 11 is 0. The minimum atomic E-state index is -0.615. The van der Waals surface area contributed by atoms with Gasteiger partial charge in [-0.15, -0.1) is 0 Å². The van der Waals surface area contributed by atoms with E-state index in [4.69, 9.17) is 15.6 Å². The molecule has 0 spiro atoms. The predicted molar refractivity (Wildman–Crippen MR) is 58.4 cm³/mol. The van der Waals surface area contributed by atoms with Crippen LogP contribution in [0.5, 0.6) is 0 Å². The van der Waals surface area contributed by atoms with E-state index in [2.05, 4.69) is 0 Å². The van der Waals surface area contributed by atoms with Crippen LogP contribution in [-0.4, -0.2) is 54.9 Å². The summed E-state index contributed by atoms with van der Waals surface area (Å²) in [5.74, 6) is -0.125. The molecule has 0 aromatic heterocycles. The number of nitrogens with zero attached hydrogens (tertiary/aromatic N) is 1. The first-order chi connectivity index (χ1) is 7.04. The highest BCUT2D eigenvalue weighted by Crippen LogP contribution is 2.02. The molecule has 1 amide bonds. The maximum absolute atomic E-state index is 11.8. The largest absolute Gasteiger partial charge is 0.396 e. The summed E-state index contributed by atoms with van der Waals surface area (Å²) < 4.78 is 4.84. The first-order valence-corrected chi connectivity index (χ1v) is 5.20. The molecule has 0 saturated heterocycles. The molecule has 0 rings (SSSR count). The van der Waals surface area contributed by atoms with E-state index in [1.54, 1.807) is 4.90 Å². The Hall–Kier alpha value is -0.650. The molecule has 1 atom stereocenters. The molecule has 0 fully saturated rings. The number of hydrogen-bond donors (Lipinski definition) is 2. The van der Waals surface area contributed by atoms with Crippen molar-refractivity contribution in [2.45, 2.75) is 32.4 Å². The van der Waals surface area contributed by atoms with Crippen LogP contribution in [-0.2, 0) is 9.53 Å². The SMILES string of the molecule is COCC(N)C(=O)N(CCCO)C(C)C. The second-order valence-electron chi connectivity index (χ2n) is 3.76. The van der Waals surface area contributed by atoms with Gasteiger partial charge in [0, 0.05) is 26.3 Å². The Morgan fingerprint density at radius 3 is 2.53 bits per heavy atom. The molecule has 0 aliphatic heterocycles. The standard InChI is InChI=1S/C10H22N2O3/c1-8(2)12(5-4-6-13)10(14)9(11)7-15-3/h8-9,13H,4-7,11H2,1-3H3. The number of ether oxygens (including phenoxy) is 1. The van der Waals surface area contributed by atoms with Gasteiger partial charge in [-0.05, 0) is 20.3 Å². The zero-order valence-electron chi connectivity index (χ0n) is 9.77. The first kappa shape index (κ1) is 14.3. The van der Waals surface area contributed by atoms with Crippen molar-refractivity contribution >= 4 is 5.91 Å². The molecule has 3 N–H and O–H groups in total. The van der Waals surface area contributed by atoms with E-state index in [9.17, 15) is 4.79 Å². The van der Waals surface area contributed by atoms with E-state index < -0.39 is 6.04 Å². The fourth-order valence-corrected chi connectivity index (χ4v) is 1.33. The molecule has 5 heteroatoms. The number of rotatable bonds is 7. The molecule has 0 aromatic carbocycles. The molecule has 0 heterocycles. The van der Waals surface area contributed by atoms with Gasteiger partial charge in [-0.3, -0.25) is 4.79 Å². The van der Waals surface area contributed by atoms with Gasteiger partial charge in [-0.25, -0.2) is 0 Å². The molecule has 90 valence electrons. The van der Waals surface area contributed by atoms with Crippen LogP contribution in [0.1, 0.15) is 20.3 Å². The lowest BCUT2D eigenvalue weighted by atomic mass is 10.2. The van der Waals surface area contributed by atoms with E-state index in [0.717, 1.165) is 0 Å². The van der Waals surface area contributed by atoms with Gasteiger partial charge in [0.15, 0.2) is 0 Å². The molecule has 1 unspecified atom stereocenters. The second-order valence-corrected chi connectivity index (χ2v) is 3.76. The van der Waals surface area contributed by atoms with Crippen LogP contribution in [0.4, 0.5) is 0 Å². The van der Waals surface area contributed by atoms with Crippen molar-refractivity contribution < 1.29 is 14.6 Å². The van der Waals surface area contributed by atoms with Gasteiger partial charge in [-0.2, -0.15) is 0 Å². The minimum Gasteiger partial charge on any atom is -0.396 e. The Kier molecular flexibility index (Phi) is 7.29. The van der Waals surface area contributed by atoms with Crippen molar-refractivity contribution in [3.63, 3.8) is 0 Å². The van der Waals surface area contributed by atoms with Crippen molar-refractivity contribution in [3.05, 3.63) is 0 Å². The Morgan fingerprint density at radius 1 is 1.53 bits per heavy atom. The average molecular weight is 218 g/mol. The molecule has 0 saturated carbocycles. The summed E-state index contributed by atoms with van der Waals surface area (Å²) in [5, 5.41) is 8.73. The topological polar surface area (TPSA) is 75.8 Å². The highest BCUT2D eigenvalue weighted by molar-refractivity contribution is 5.82. The van der Waals surface area contributed by atoms with Gasteiger partial charge < -0.3 is 20.5 Å². The van der Waals surface area contributed by atoms with Crippen LogP contribution < -0.4 is 5.73 Å². The first-order valence-electron chi connectivity index (χ1n) is 5.20. The van der Waals surface area contributed by atoms with Crippen LogP contribution in [0, 0.1) is 0 Å². The number of amides is 1. The summed E-state index contributed by atoms with van der Waals surface area (Å²) in [7, 11) is 1.51. The molecule has 0 radical (unpaired) electrons. The molecule has 5 nitrogen and oxygen atoms in total. The molecule has 0 aliphatic carbocycles. The molecule has 0 bridgehead atoms.